The molecule has 1 aromatic heterocycles. The number of carbonyl (C=O) groups excluding carboxylic acids is 1. The van der Waals surface area contributed by atoms with Gasteiger partial charge in [-0.2, -0.15) is 0 Å². The molecule has 6 nitrogen and oxygen atoms in total. The first-order chi connectivity index (χ1) is 16.0. The zero-order valence-electron chi connectivity index (χ0n) is 17.8. The average molecular weight is 481 g/mol. The van der Waals surface area contributed by atoms with E-state index >= 15 is 0 Å². The number of nitrogens with zero attached hydrogens (tertiary/aromatic N) is 2. The number of unbranched alkanes of at least 4 members (excludes halogenated alkanes) is 1. The van der Waals surface area contributed by atoms with Crippen molar-refractivity contribution in [2.45, 2.75) is 19.8 Å². The summed E-state index contributed by atoms with van der Waals surface area (Å²) in [6.45, 7) is 2.67. The molecule has 1 N–H and O–H groups in total. The van der Waals surface area contributed by atoms with Crippen molar-refractivity contribution >= 4 is 52.2 Å². The molecule has 1 aliphatic heterocycles. The molecule has 0 spiro atoms. The number of furan rings is 1. The fourth-order valence-electron chi connectivity index (χ4n) is 3.27. The zero-order chi connectivity index (χ0) is 23.4. The van der Waals surface area contributed by atoms with E-state index in [2.05, 4.69) is 11.9 Å². The summed E-state index contributed by atoms with van der Waals surface area (Å²) in [7, 11) is 0. The summed E-state index contributed by atoms with van der Waals surface area (Å²) < 4.78 is 5.89. The Bertz CT molecular complexity index is 1250. The van der Waals surface area contributed by atoms with Crippen LogP contribution >= 0.6 is 23.4 Å². The van der Waals surface area contributed by atoms with E-state index in [1.54, 1.807) is 29.2 Å². The van der Waals surface area contributed by atoms with E-state index in [0.717, 1.165) is 18.5 Å². The summed E-state index contributed by atoms with van der Waals surface area (Å²) in [5.41, 5.74) is 1.37. The number of thioether (sulfide) groups is 1. The van der Waals surface area contributed by atoms with Gasteiger partial charge < -0.3 is 9.52 Å². The van der Waals surface area contributed by atoms with E-state index in [-0.39, 0.29) is 16.5 Å². The number of halogens is 1. The Labute approximate surface area is 200 Å². The highest BCUT2D eigenvalue weighted by atomic mass is 35.5. The Kier molecular flexibility index (Phi) is 7.01. The molecule has 2 heterocycles. The van der Waals surface area contributed by atoms with Crippen LogP contribution < -0.4 is 0 Å². The number of benzene rings is 2. The molecule has 1 saturated heterocycles. The first-order valence-corrected chi connectivity index (χ1v) is 11.6. The normalized spacial score (nSPS) is 16.2. The number of carboxylic acids is 1. The molecule has 33 heavy (non-hydrogen) atoms. The van der Waals surface area contributed by atoms with Crippen LogP contribution in [0.15, 0.2) is 75.0 Å². The maximum Gasteiger partial charge on any atom is 0.337 e. The number of carbonyl (C=O) groups is 2. The number of amidine groups is 1. The van der Waals surface area contributed by atoms with Gasteiger partial charge in [-0.3, -0.25) is 9.69 Å². The number of aliphatic imine (C=N–C) groups is 1. The number of rotatable bonds is 7. The lowest BCUT2D eigenvalue weighted by Crippen LogP contribution is -2.30. The molecule has 0 atom stereocenters. The van der Waals surface area contributed by atoms with Crippen LogP contribution in [0.4, 0.5) is 5.69 Å². The monoisotopic (exact) mass is 480 g/mol. The van der Waals surface area contributed by atoms with Crippen LogP contribution in [-0.4, -0.2) is 33.6 Å². The number of aromatic carboxylic acids is 1. The summed E-state index contributed by atoms with van der Waals surface area (Å²) in [4.78, 5) is 31.3. The predicted molar refractivity (Wildman–Crippen MR) is 132 cm³/mol. The highest BCUT2D eigenvalue weighted by Crippen LogP contribution is 2.35. The molecule has 0 aliphatic carbocycles. The molecule has 4 rings (SSSR count). The highest BCUT2D eigenvalue weighted by Gasteiger charge is 2.33. The van der Waals surface area contributed by atoms with Crippen LogP contribution in [-0.2, 0) is 4.79 Å². The number of carboxylic acid groups (broad SMARTS) is 1. The van der Waals surface area contributed by atoms with Crippen LogP contribution in [0.5, 0.6) is 0 Å². The van der Waals surface area contributed by atoms with E-state index < -0.39 is 5.97 Å². The Morgan fingerprint density at radius 2 is 1.97 bits per heavy atom. The van der Waals surface area contributed by atoms with Crippen LogP contribution in [0, 0.1) is 0 Å². The fourth-order valence-corrected chi connectivity index (χ4v) is 4.48. The van der Waals surface area contributed by atoms with E-state index in [1.165, 1.54) is 23.9 Å². The molecule has 8 heteroatoms. The molecule has 2 aromatic carbocycles. The van der Waals surface area contributed by atoms with Gasteiger partial charge in [0.2, 0.25) is 0 Å². The standard InChI is InChI=1S/C25H21ClN2O4S/c1-2-3-13-28-23(29)22(33-25(28)27-17-7-5-4-6-8-17)15-18-10-12-21(32-18)16-9-11-20(26)19(14-16)24(30)31/h4-12,14-15H,2-3,13H2,1H3,(H,30,31)/b22-15-,27-25?. The van der Waals surface area contributed by atoms with Gasteiger partial charge in [0.15, 0.2) is 5.17 Å². The van der Waals surface area contributed by atoms with Crippen LogP contribution in [0.3, 0.4) is 0 Å². The van der Waals surface area contributed by atoms with Crippen molar-refractivity contribution in [3.63, 3.8) is 0 Å². The van der Waals surface area contributed by atoms with Gasteiger partial charge in [-0.15, -0.1) is 0 Å². The average Bonchev–Trinajstić information content (AvgIpc) is 3.38. The van der Waals surface area contributed by atoms with Crippen molar-refractivity contribution in [2.75, 3.05) is 6.54 Å². The molecule has 0 radical (unpaired) electrons. The van der Waals surface area contributed by atoms with E-state index in [0.29, 0.717) is 33.7 Å². The maximum atomic E-state index is 13.1. The SMILES string of the molecule is CCCCN1C(=O)/C(=C/c2ccc(-c3ccc(Cl)c(C(=O)O)c3)o2)SC1=Nc1ccccc1. The van der Waals surface area contributed by atoms with Crippen molar-refractivity contribution in [3.05, 3.63) is 81.9 Å². The predicted octanol–water partition coefficient (Wildman–Crippen LogP) is 6.70. The van der Waals surface area contributed by atoms with Gasteiger partial charge in [0.1, 0.15) is 11.5 Å². The zero-order valence-corrected chi connectivity index (χ0v) is 19.4. The summed E-state index contributed by atoms with van der Waals surface area (Å²) >= 11 is 7.27. The number of amides is 1. The topological polar surface area (TPSA) is 83.1 Å². The van der Waals surface area contributed by atoms with Crippen molar-refractivity contribution in [2.24, 2.45) is 4.99 Å². The molecule has 3 aromatic rings. The Hall–Kier alpha value is -3.29. The molecule has 0 unspecified atom stereocenters. The second-order valence-electron chi connectivity index (χ2n) is 7.35. The summed E-state index contributed by atoms with van der Waals surface area (Å²) in [6, 6.07) is 17.7. The van der Waals surface area contributed by atoms with E-state index in [9.17, 15) is 14.7 Å². The van der Waals surface area contributed by atoms with E-state index in [4.69, 9.17) is 16.0 Å². The molecule has 0 saturated carbocycles. The van der Waals surface area contributed by atoms with Crippen molar-refractivity contribution < 1.29 is 19.1 Å². The van der Waals surface area contributed by atoms with Gasteiger partial charge in [0.25, 0.3) is 5.91 Å². The van der Waals surface area contributed by atoms with Crippen molar-refractivity contribution in [1.29, 1.82) is 0 Å². The van der Waals surface area contributed by atoms with Gasteiger partial charge in [-0.1, -0.05) is 43.1 Å². The lowest BCUT2D eigenvalue weighted by atomic mass is 10.1. The minimum atomic E-state index is -1.11. The lowest BCUT2D eigenvalue weighted by molar-refractivity contribution is -0.122. The number of para-hydroxylation sites is 1. The lowest BCUT2D eigenvalue weighted by Gasteiger charge is -2.14. The molecule has 168 valence electrons. The quantitative estimate of drug-likeness (QED) is 0.380. The summed E-state index contributed by atoms with van der Waals surface area (Å²) in [5.74, 6) is -0.247. The van der Waals surface area contributed by atoms with Crippen molar-refractivity contribution in [3.8, 4) is 11.3 Å². The molecule has 1 fully saturated rings. The molecular formula is C25H21ClN2O4S. The first-order valence-electron chi connectivity index (χ1n) is 10.4. The third-order valence-electron chi connectivity index (χ3n) is 4.99. The minimum Gasteiger partial charge on any atom is -0.478 e. The Morgan fingerprint density at radius 1 is 1.18 bits per heavy atom. The largest absolute Gasteiger partial charge is 0.478 e. The van der Waals surface area contributed by atoms with Crippen LogP contribution in [0.25, 0.3) is 17.4 Å². The molecule has 1 aliphatic rings. The minimum absolute atomic E-state index is 0.000304. The highest BCUT2D eigenvalue weighted by molar-refractivity contribution is 8.18. The third kappa shape index (κ3) is 5.21. The van der Waals surface area contributed by atoms with Gasteiger partial charge in [0, 0.05) is 18.2 Å². The molecular weight excluding hydrogens is 460 g/mol. The second kappa shape index (κ2) is 10.1. The first kappa shape index (κ1) is 22.9. The third-order valence-corrected chi connectivity index (χ3v) is 6.32. The van der Waals surface area contributed by atoms with Crippen molar-refractivity contribution in [1.82, 2.24) is 4.90 Å². The van der Waals surface area contributed by atoms with Gasteiger partial charge in [-0.25, -0.2) is 9.79 Å². The van der Waals surface area contributed by atoms with E-state index in [1.807, 2.05) is 30.3 Å². The summed E-state index contributed by atoms with van der Waals surface area (Å²) in [5, 5.41) is 10.1. The Morgan fingerprint density at radius 3 is 2.70 bits per heavy atom. The summed E-state index contributed by atoms with van der Waals surface area (Å²) in [6.07, 6.45) is 3.53. The molecule has 0 bridgehead atoms. The van der Waals surface area contributed by atoms with Gasteiger partial charge >= 0.3 is 5.97 Å². The van der Waals surface area contributed by atoms with Crippen LogP contribution in [0.2, 0.25) is 5.02 Å². The smallest absolute Gasteiger partial charge is 0.337 e. The molecule has 1 amide bonds. The second-order valence-corrected chi connectivity index (χ2v) is 8.77. The number of hydrogen-bond acceptors (Lipinski definition) is 5. The van der Waals surface area contributed by atoms with Crippen LogP contribution in [0.1, 0.15) is 35.9 Å². The number of hydrogen-bond donors (Lipinski definition) is 1. The fraction of sp³-hybridized carbons (Fsp3) is 0.160. The van der Waals surface area contributed by atoms with Gasteiger partial charge in [-0.05, 0) is 60.6 Å². The Balaban J connectivity index is 1.62. The maximum absolute atomic E-state index is 13.1. The van der Waals surface area contributed by atoms with Gasteiger partial charge in [0.05, 0.1) is 21.2 Å².